The summed E-state index contributed by atoms with van der Waals surface area (Å²) in [5.41, 5.74) is 5.49. The second-order valence-electron chi connectivity index (χ2n) is 7.09. The van der Waals surface area contributed by atoms with Gasteiger partial charge in [-0.1, -0.05) is 59.8 Å². The first kappa shape index (κ1) is 18.9. The molecular formula is C23H20ClN3S2. The van der Waals surface area contributed by atoms with Crippen LogP contribution >= 0.6 is 34.7 Å². The fourth-order valence-corrected chi connectivity index (χ4v) is 6.12. The first-order valence-corrected chi connectivity index (χ1v) is 11.9. The van der Waals surface area contributed by atoms with E-state index in [0.717, 1.165) is 41.1 Å². The Morgan fingerprint density at radius 2 is 1.83 bits per heavy atom. The van der Waals surface area contributed by atoms with Crippen molar-refractivity contribution in [1.82, 2.24) is 14.8 Å². The number of rotatable bonds is 5. The number of fused-ring (bicyclic) bond motifs is 3. The van der Waals surface area contributed by atoms with E-state index in [1.165, 1.54) is 32.0 Å². The Kier molecular flexibility index (Phi) is 5.20. The van der Waals surface area contributed by atoms with E-state index >= 15 is 0 Å². The van der Waals surface area contributed by atoms with Gasteiger partial charge in [-0.05, 0) is 60.2 Å². The Hall–Kier alpha value is -2.08. The number of aromatic nitrogens is 3. The van der Waals surface area contributed by atoms with Gasteiger partial charge in [0.2, 0.25) is 0 Å². The van der Waals surface area contributed by atoms with Crippen LogP contribution in [0.3, 0.4) is 0 Å². The summed E-state index contributed by atoms with van der Waals surface area (Å²) in [6.45, 7) is 3.01. The van der Waals surface area contributed by atoms with E-state index in [2.05, 4.69) is 64.2 Å². The van der Waals surface area contributed by atoms with E-state index in [1.807, 2.05) is 23.5 Å². The van der Waals surface area contributed by atoms with Crippen molar-refractivity contribution in [3.8, 4) is 21.1 Å². The summed E-state index contributed by atoms with van der Waals surface area (Å²) in [5.74, 6) is 1.83. The minimum atomic E-state index is 0.765. The van der Waals surface area contributed by atoms with Crippen LogP contribution in [0.5, 0.6) is 0 Å². The highest BCUT2D eigenvalue weighted by Crippen LogP contribution is 2.43. The highest BCUT2D eigenvalue weighted by molar-refractivity contribution is 7.98. The lowest BCUT2D eigenvalue weighted by Gasteiger charge is -2.15. The zero-order chi connectivity index (χ0) is 19.8. The lowest BCUT2D eigenvalue weighted by molar-refractivity contribution is 0.688. The van der Waals surface area contributed by atoms with Crippen LogP contribution in [0.15, 0.2) is 59.8 Å². The Labute approximate surface area is 183 Å². The van der Waals surface area contributed by atoms with Gasteiger partial charge in [-0.2, -0.15) is 0 Å². The van der Waals surface area contributed by atoms with Crippen molar-refractivity contribution >= 4 is 34.7 Å². The van der Waals surface area contributed by atoms with Gasteiger partial charge in [-0.3, -0.25) is 0 Å². The van der Waals surface area contributed by atoms with Gasteiger partial charge in [0.1, 0.15) is 0 Å². The molecule has 4 aromatic rings. The molecule has 2 aromatic carbocycles. The standard InChI is InChI=1S/C23H20ClN3S2/c1-2-27-22(25-26-23(27)28-14-15-7-11-18(24)12-8-15)20-13-17-10-9-16-5-3-4-6-19(16)21(17)29-20/h3-8,11-13H,2,9-10,14H2,1H3. The molecule has 3 nitrogen and oxygen atoms in total. The third-order valence-electron chi connectivity index (χ3n) is 5.27. The second-order valence-corrected chi connectivity index (χ2v) is 9.52. The van der Waals surface area contributed by atoms with Crippen molar-refractivity contribution in [2.75, 3.05) is 0 Å². The van der Waals surface area contributed by atoms with E-state index in [4.69, 9.17) is 11.6 Å². The molecule has 0 atom stereocenters. The monoisotopic (exact) mass is 437 g/mol. The van der Waals surface area contributed by atoms with Crippen LogP contribution in [0, 0.1) is 0 Å². The maximum Gasteiger partial charge on any atom is 0.191 e. The van der Waals surface area contributed by atoms with Crippen molar-refractivity contribution in [2.24, 2.45) is 0 Å². The minimum absolute atomic E-state index is 0.765. The number of halogens is 1. The number of hydrogen-bond donors (Lipinski definition) is 0. The molecule has 5 rings (SSSR count). The van der Waals surface area contributed by atoms with Gasteiger partial charge in [0.15, 0.2) is 11.0 Å². The molecule has 0 saturated heterocycles. The summed E-state index contributed by atoms with van der Waals surface area (Å²) in [4.78, 5) is 2.60. The van der Waals surface area contributed by atoms with Crippen molar-refractivity contribution in [3.63, 3.8) is 0 Å². The number of nitrogens with zero attached hydrogens (tertiary/aromatic N) is 3. The maximum atomic E-state index is 5.99. The molecule has 1 aliphatic rings. The van der Waals surface area contributed by atoms with Gasteiger partial charge in [0.25, 0.3) is 0 Å². The van der Waals surface area contributed by atoms with E-state index in [9.17, 15) is 0 Å². The first-order chi connectivity index (χ1) is 14.2. The summed E-state index contributed by atoms with van der Waals surface area (Å²) in [7, 11) is 0. The predicted octanol–water partition coefficient (Wildman–Crippen LogP) is 6.74. The van der Waals surface area contributed by atoms with E-state index in [-0.39, 0.29) is 0 Å². The lowest BCUT2D eigenvalue weighted by Crippen LogP contribution is -2.00. The molecule has 2 aromatic heterocycles. The summed E-state index contributed by atoms with van der Waals surface area (Å²) in [6, 6.07) is 19.1. The number of hydrogen-bond acceptors (Lipinski definition) is 4. The van der Waals surface area contributed by atoms with Crippen molar-refractivity contribution in [2.45, 2.75) is 37.2 Å². The van der Waals surface area contributed by atoms with Gasteiger partial charge in [0.05, 0.1) is 4.88 Å². The Balaban J connectivity index is 1.44. The van der Waals surface area contributed by atoms with Crippen molar-refractivity contribution < 1.29 is 0 Å². The summed E-state index contributed by atoms with van der Waals surface area (Å²) in [5, 5.41) is 10.8. The molecular weight excluding hydrogens is 418 g/mol. The Morgan fingerprint density at radius 1 is 1.03 bits per heavy atom. The number of aryl methyl sites for hydroxylation is 2. The van der Waals surface area contributed by atoms with Crippen LogP contribution in [0.1, 0.15) is 23.6 Å². The highest BCUT2D eigenvalue weighted by atomic mass is 35.5. The molecule has 0 unspecified atom stereocenters. The highest BCUT2D eigenvalue weighted by Gasteiger charge is 2.22. The molecule has 0 saturated carbocycles. The van der Waals surface area contributed by atoms with Crippen LogP contribution in [0.4, 0.5) is 0 Å². The maximum absolute atomic E-state index is 5.99. The van der Waals surface area contributed by atoms with Gasteiger partial charge < -0.3 is 4.57 Å². The summed E-state index contributed by atoms with van der Waals surface area (Å²) >= 11 is 9.55. The zero-order valence-electron chi connectivity index (χ0n) is 16.1. The smallest absolute Gasteiger partial charge is 0.191 e. The molecule has 0 aliphatic heterocycles. The van der Waals surface area contributed by atoms with Crippen molar-refractivity contribution in [1.29, 1.82) is 0 Å². The molecule has 0 N–H and O–H groups in total. The van der Waals surface area contributed by atoms with Gasteiger partial charge >= 0.3 is 0 Å². The third-order valence-corrected chi connectivity index (χ3v) is 7.77. The molecule has 0 spiro atoms. The molecule has 1 aliphatic carbocycles. The minimum Gasteiger partial charge on any atom is -0.302 e. The van der Waals surface area contributed by atoms with Crippen molar-refractivity contribution in [3.05, 3.63) is 76.3 Å². The summed E-state index contributed by atoms with van der Waals surface area (Å²) < 4.78 is 2.23. The Bertz CT molecular complexity index is 1160. The number of benzene rings is 2. The van der Waals surface area contributed by atoms with Gasteiger partial charge in [0, 0.05) is 22.2 Å². The van der Waals surface area contributed by atoms with Crippen LogP contribution in [-0.2, 0) is 25.1 Å². The summed E-state index contributed by atoms with van der Waals surface area (Å²) in [6.07, 6.45) is 2.21. The molecule has 146 valence electrons. The van der Waals surface area contributed by atoms with E-state index in [0.29, 0.717) is 0 Å². The molecule has 29 heavy (non-hydrogen) atoms. The van der Waals surface area contributed by atoms with Crippen LogP contribution in [0.2, 0.25) is 5.02 Å². The third kappa shape index (κ3) is 3.63. The average molecular weight is 438 g/mol. The Morgan fingerprint density at radius 3 is 2.66 bits per heavy atom. The second kappa shape index (κ2) is 7.98. The predicted molar refractivity (Wildman–Crippen MR) is 123 cm³/mol. The number of thioether (sulfide) groups is 1. The normalized spacial score (nSPS) is 12.6. The van der Waals surface area contributed by atoms with Gasteiger partial charge in [-0.15, -0.1) is 21.5 Å². The fraction of sp³-hybridized carbons (Fsp3) is 0.217. The quantitative estimate of drug-likeness (QED) is 0.324. The van der Waals surface area contributed by atoms with Crippen LogP contribution < -0.4 is 0 Å². The fourth-order valence-electron chi connectivity index (χ4n) is 3.77. The molecule has 6 heteroatoms. The molecule has 0 bridgehead atoms. The lowest BCUT2D eigenvalue weighted by atomic mass is 9.91. The first-order valence-electron chi connectivity index (χ1n) is 9.74. The molecule has 0 fully saturated rings. The van der Waals surface area contributed by atoms with Crippen LogP contribution in [-0.4, -0.2) is 14.8 Å². The van der Waals surface area contributed by atoms with Gasteiger partial charge in [-0.25, -0.2) is 0 Å². The van der Waals surface area contributed by atoms with Crippen LogP contribution in [0.25, 0.3) is 21.1 Å². The number of thiophene rings is 1. The van der Waals surface area contributed by atoms with E-state index in [1.54, 1.807) is 11.8 Å². The van der Waals surface area contributed by atoms with E-state index < -0.39 is 0 Å². The molecule has 0 amide bonds. The average Bonchev–Trinajstić information content (AvgIpc) is 3.37. The molecule has 0 radical (unpaired) electrons. The molecule has 2 heterocycles. The topological polar surface area (TPSA) is 30.7 Å². The zero-order valence-corrected chi connectivity index (χ0v) is 18.4. The largest absolute Gasteiger partial charge is 0.302 e. The SMILES string of the molecule is CCn1c(SCc2ccc(Cl)cc2)nnc1-c1cc2c(s1)-c1ccccc1CC2.